The molecule has 0 radical (unpaired) electrons. The molecule has 1 aromatic carbocycles. The van der Waals surface area contributed by atoms with Crippen LogP contribution in [0.4, 0.5) is 5.69 Å². The van der Waals surface area contributed by atoms with Gasteiger partial charge in [-0.2, -0.15) is 0 Å². The number of para-hydroxylation sites is 1. The standard InChI is InChI=1S/C19H25NO/c1-2-14-5-3-4-6-17(14)20-19(21)18-15-8-12-7-13(10-15)11-16(18)9-12/h3-6,12-13,15-16,18H,2,7-11H2,1H3,(H,20,21). The van der Waals surface area contributed by atoms with Crippen molar-refractivity contribution in [2.45, 2.75) is 45.4 Å². The molecule has 5 rings (SSSR count). The summed E-state index contributed by atoms with van der Waals surface area (Å²) in [7, 11) is 0. The van der Waals surface area contributed by atoms with Crippen molar-refractivity contribution in [3.05, 3.63) is 29.8 Å². The first kappa shape index (κ1) is 13.4. The van der Waals surface area contributed by atoms with Crippen LogP contribution < -0.4 is 5.32 Å². The molecule has 4 aliphatic carbocycles. The summed E-state index contributed by atoms with van der Waals surface area (Å²) in [6.07, 6.45) is 7.64. The van der Waals surface area contributed by atoms with Crippen LogP contribution >= 0.6 is 0 Å². The summed E-state index contributed by atoms with van der Waals surface area (Å²) in [5.41, 5.74) is 2.27. The molecule has 4 bridgehead atoms. The number of anilines is 1. The van der Waals surface area contributed by atoms with Crippen molar-refractivity contribution < 1.29 is 4.79 Å². The Labute approximate surface area is 127 Å². The third-order valence-corrected chi connectivity index (χ3v) is 6.19. The van der Waals surface area contributed by atoms with Crippen LogP contribution in [0.5, 0.6) is 0 Å². The second kappa shape index (κ2) is 5.15. The number of carbonyl (C=O) groups is 1. The maximum atomic E-state index is 12.9. The van der Waals surface area contributed by atoms with Gasteiger partial charge in [-0.3, -0.25) is 4.79 Å². The quantitative estimate of drug-likeness (QED) is 0.882. The molecule has 0 unspecified atom stereocenters. The maximum absolute atomic E-state index is 12.9. The molecule has 2 nitrogen and oxygen atoms in total. The normalized spacial score (nSPS) is 36.7. The minimum atomic E-state index is 0.280. The van der Waals surface area contributed by atoms with Crippen molar-refractivity contribution in [3.8, 4) is 0 Å². The Hall–Kier alpha value is -1.31. The fourth-order valence-corrected chi connectivity index (χ4v) is 5.52. The zero-order valence-electron chi connectivity index (χ0n) is 12.8. The van der Waals surface area contributed by atoms with Gasteiger partial charge in [0.05, 0.1) is 0 Å². The van der Waals surface area contributed by atoms with Crippen molar-refractivity contribution >= 4 is 11.6 Å². The van der Waals surface area contributed by atoms with E-state index < -0.39 is 0 Å². The second-order valence-corrected chi connectivity index (χ2v) is 7.46. The summed E-state index contributed by atoms with van der Waals surface area (Å²) in [5, 5.41) is 3.25. The summed E-state index contributed by atoms with van der Waals surface area (Å²) in [4.78, 5) is 12.9. The van der Waals surface area contributed by atoms with Crippen LogP contribution in [-0.2, 0) is 11.2 Å². The Morgan fingerprint density at radius 1 is 1.05 bits per heavy atom. The largest absolute Gasteiger partial charge is 0.326 e. The van der Waals surface area contributed by atoms with Crippen LogP contribution in [0.15, 0.2) is 24.3 Å². The van der Waals surface area contributed by atoms with E-state index in [0.29, 0.717) is 17.7 Å². The number of aryl methyl sites for hydroxylation is 1. The highest BCUT2D eigenvalue weighted by Gasteiger charge is 2.50. The highest BCUT2D eigenvalue weighted by Crippen LogP contribution is 2.56. The lowest BCUT2D eigenvalue weighted by atomic mass is 9.51. The molecular formula is C19H25NO. The van der Waals surface area contributed by atoms with E-state index in [1.165, 1.54) is 37.7 Å². The Bertz CT molecular complexity index is 522. The van der Waals surface area contributed by atoms with E-state index in [1.54, 1.807) is 0 Å². The third-order valence-electron chi connectivity index (χ3n) is 6.19. The van der Waals surface area contributed by atoms with Crippen molar-refractivity contribution in [2.75, 3.05) is 5.32 Å². The van der Waals surface area contributed by atoms with Crippen molar-refractivity contribution in [2.24, 2.45) is 29.6 Å². The molecule has 4 aliphatic rings. The first-order valence-corrected chi connectivity index (χ1v) is 8.63. The van der Waals surface area contributed by atoms with Gasteiger partial charge in [-0.25, -0.2) is 0 Å². The Kier molecular flexibility index (Phi) is 3.28. The van der Waals surface area contributed by atoms with Gasteiger partial charge < -0.3 is 5.32 Å². The van der Waals surface area contributed by atoms with Gasteiger partial charge >= 0.3 is 0 Å². The summed E-state index contributed by atoms with van der Waals surface area (Å²) in [6, 6.07) is 8.24. The van der Waals surface area contributed by atoms with Crippen LogP contribution in [-0.4, -0.2) is 5.91 Å². The fraction of sp³-hybridized carbons (Fsp3) is 0.632. The van der Waals surface area contributed by atoms with Gasteiger partial charge in [0, 0.05) is 11.6 Å². The summed E-state index contributed by atoms with van der Waals surface area (Å²) >= 11 is 0. The van der Waals surface area contributed by atoms with Crippen molar-refractivity contribution in [1.29, 1.82) is 0 Å². The molecule has 0 heterocycles. The molecule has 2 heteroatoms. The van der Waals surface area contributed by atoms with E-state index in [9.17, 15) is 4.79 Å². The first-order valence-electron chi connectivity index (χ1n) is 8.63. The monoisotopic (exact) mass is 283 g/mol. The molecule has 4 fully saturated rings. The molecule has 1 N–H and O–H groups in total. The van der Waals surface area contributed by atoms with E-state index in [2.05, 4.69) is 24.4 Å². The van der Waals surface area contributed by atoms with Gasteiger partial charge in [0.15, 0.2) is 0 Å². The molecule has 0 atom stereocenters. The predicted molar refractivity (Wildman–Crippen MR) is 85.0 cm³/mol. The van der Waals surface area contributed by atoms with E-state index in [4.69, 9.17) is 0 Å². The van der Waals surface area contributed by atoms with Crippen molar-refractivity contribution in [3.63, 3.8) is 0 Å². The van der Waals surface area contributed by atoms with Crippen molar-refractivity contribution in [1.82, 2.24) is 0 Å². The lowest BCUT2D eigenvalue weighted by Crippen LogP contribution is -2.49. The number of rotatable bonds is 3. The number of nitrogens with one attached hydrogen (secondary N) is 1. The van der Waals surface area contributed by atoms with Gasteiger partial charge in [0.1, 0.15) is 0 Å². The molecule has 4 saturated carbocycles. The number of hydrogen-bond acceptors (Lipinski definition) is 1. The van der Waals surface area contributed by atoms with Gasteiger partial charge in [0.25, 0.3) is 0 Å². The molecule has 0 aliphatic heterocycles. The Morgan fingerprint density at radius 3 is 2.29 bits per heavy atom. The fourth-order valence-electron chi connectivity index (χ4n) is 5.52. The molecule has 1 aromatic rings. The molecule has 0 aromatic heterocycles. The highest BCUT2D eigenvalue weighted by atomic mass is 16.1. The van der Waals surface area contributed by atoms with E-state index >= 15 is 0 Å². The van der Waals surface area contributed by atoms with E-state index in [1.807, 2.05) is 12.1 Å². The van der Waals surface area contributed by atoms with Gasteiger partial charge in [-0.1, -0.05) is 25.1 Å². The second-order valence-electron chi connectivity index (χ2n) is 7.46. The number of hydrogen-bond donors (Lipinski definition) is 1. The molecule has 0 spiro atoms. The first-order chi connectivity index (χ1) is 10.2. The topological polar surface area (TPSA) is 29.1 Å². The molecular weight excluding hydrogens is 258 g/mol. The highest BCUT2D eigenvalue weighted by molar-refractivity contribution is 5.93. The minimum Gasteiger partial charge on any atom is -0.326 e. The lowest BCUT2D eigenvalue weighted by Gasteiger charge is -2.53. The summed E-state index contributed by atoms with van der Waals surface area (Å²) in [6.45, 7) is 2.15. The number of benzene rings is 1. The third kappa shape index (κ3) is 2.29. The number of amides is 1. The Balaban J connectivity index is 1.53. The molecule has 112 valence electrons. The average molecular weight is 283 g/mol. The number of carbonyl (C=O) groups excluding carboxylic acids is 1. The molecule has 0 saturated heterocycles. The van der Waals surface area contributed by atoms with Crippen LogP contribution in [0.25, 0.3) is 0 Å². The van der Waals surface area contributed by atoms with Crippen LogP contribution in [0.2, 0.25) is 0 Å². The van der Waals surface area contributed by atoms with E-state index in [-0.39, 0.29) is 5.92 Å². The van der Waals surface area contributed by atoms with Gasteiger partial charge in [-0.05, 0) is 73.8 Å². The lowest BCUT2D eigenvalue weighted by molar-refractivity contribution is -0.132. The van der Waals surface area contributed by atoms with Crippen LogP contribution in [0.3, 0.4) is 0 Å². The average Bonchev–Trinajstić information content (AvgIpc) is 2.46. The Morgan fingerprint density at radius 2 is 1.67 bits per heavy atom. The predicted octanol–water partition coefficient (Wildman–Crippen LogP) is 4.26. The molecule has 1 amide bonds. The summed E-state index contributed by atoms with van der Waals surface area (Å²) in [5.74, 6) is 3.76. The SMILES string of the molecule is CCc1ccccc1NC(=O)C1C2CC3CC(C2)CC1C3. The van der Waals surface area contributed by atoms with Gasteiger partial charge in [-0.15, -0.1) is 0 Å². The zero-order valence-corrected chi connectivity index (χ0v) is 12.8. The van der Waals surface area contributed by atoms with Crippen LogP contribution in [0, 0.1) is 29.6 Å². The van der Waals surface area contributed by atoms with Gasteiger partial charge in [0.2, 0.25) is 5.91 Å². The summed E-state index contributed by atoms with van der Waals surface area (Å²) < 4.78 is 0. The zero-order chi connectivity index (χ0) is 14.4. The van der Waals surface area contributed by atoms with Crippen LogP contribution in [0.1, 0.15) is 44.6 Å². The minimum absolute atomic E-state index is 0.280. The smallest absolute Gasteiger partial charge is 0.228 e. The van der Waals surface area contributed by atoms with E-state index in [0.717, 1.165) is 23.9 Å². The maximum Gasteiger partial charge on any atom is 0.228 e. The molecule has 21 heavy (non-hydrogen) atoms.